The number of fused-ring (bicyclic) bond motifs is 1. The van der Waals surface area contributed by atoms with Crippen molar-refractivity contribution in [3.8, 4) is 0 Å². The third-order valence-electron chi connectivity index (χ3n) is 5.50. The molecule has 1 saturated heterocycles. The molecule has 2 aromatic rings. The zero-order valence-corrected chi connectivity index (χ0v) is 18.2. The Morgan fingerprint density at radius 1 is 1.13 bits per heavy atom. The molecule has 1 N–H and O–H groups in total. The number of morpholine rings is 1. The van der Waals surface area contributed by atoms with Gasteiger partial charge in [-0.25, -0.2) is 8.42 Å². The van der Waals surface area contributed by atoms with Crippen LogP contribution in [0, 0.1) is 0 Å². The van der Waals surface area contributed by atoms with E-state index in [1.807, 2.05) is 30.3 Å². The number of carbonyl (C=O) groups is 1. The van der Waals surface area contributed by atoms with Gasteiger partial charge in [-0.1, -0.05) is 35.9 Å². The van der Waals surface area contributed by atoms with Crippen molar-refractivity contribution in [1.82, 2.24) is 4.31 Å². The summed E-state index contributed by atoms with van der Waals surface area (Å²) in [5, 5.41) is 3.44. The second-order valence-electron chi connectivity index (χ2n) is 7.55. The molecule has 0 aromatic heterocycles. The molecule has 0 spiro atoms. The predicted octanol–water partition coefficient (Wildman–Crippen LogP) is 2.50. The van der Waals surface area contributed by atoms with Crippen molar-refractivity contribution in [2.45, 2.75) is 19.0 Å². The molecule has 7 nitrogen and oxygen atoms in total. The van der Waals surface area contributed by atoms with Crippen LogP contribution in [0.5, 0.6) is 0 Å². The minimum atomic E-state index is -3.57. The van der Waals surface area contributed by atoms with Crippen LogP contribution >= 0.6 is 11.6 Å². The summed E-state index contributed by atoms with van der Waals surface area (Å²) in [7, 11) is -3.57. The lowest BCUT2D eigenvalue weighted by Crippen LogP contribution is -2.50. The topological polar surface area (TPSA) is 79.0 Å². The fourth-order valence-corrected chi connectivity index (χ4v) is 5.15. The van der Waals surface area contributed by atoms with E-state index in [0.29, 0.717) is 43.4 Å². The van der Waals surface area contributed by atoms with Crippen LogP contribution in [0.1, 0.15) is 11.1 Å². The molecule has 0 aliphatic carbocycles. The van der Waals surface area contributed by atoms with E-state index < -0.39 is 16.1 Å². The number of hydrogen-bond acceptors (Lipinski definition) is 5. The number of halogens is 1. The molecular formula is C21H24ClN3O4S. The molecule has 160 valence electrons. The minimum absolute atomic E-state index is 0.180. The molecule has 1 atom stereocenters. The van der Waals surface area contributed by atoms with Crippen LogP contribution in [-0.2, 0) is 32.5 Å². The second-order valence-corrected chi connectivity index (χ2v) is 9.92. The fraction of sp³-hybridized carbons (Fsp3) is 0.381. The quantitative estimate of drug-likeness (QED) is 0.775. The molecule has 2 aromatic carbocycles. The molecule has 4 rings (SSSR count). The van der Waals surface area contributed by atoms with Crippen molar-refractivity contribution in [3.05, 3.63) is 58.6 Å². The van der Waals surface area contributed by atoms with Crippen LogP contribution < -0.4 is 10.2 Å². The summed E-state index contributed by atoms with van der Waals surface area (Å²) in [6.07, 6.45) is 1.46. The van der Waals surface area contributed by atoms with Crippen LogP contribution in [0.25, 0.3) is 0 Å². The summed E-state index contributed by atoms with van der Waals surface area (Å²) >= 11 is 6.19. The van der Waals surface area contributed by atoms with E-state index in [4.69, 9.17) is 16.3 Å². The largest absolute Gasteiger partial charge is 0.378 e. The number of anilines is 2. The Morgan fingerprint density at radius 3 is 2.53 bits per heavy atom. The van der Waals surface area contributed by atoms with Gasteiger partial charge in [0.2, 0.25) is 15.9 Å². The van der Waals surface area contributed by atoms with Crippen molar-refractivity contribution >= 4 is 38.9 Å². The molecule has 0 radical (unpaired) electrons. The highest BCUT2D eigenvalue weighted by atomic mass is 35.5. The van der Waals surface area contributed by atoms with Gasteiger partial charge >= 0.3 is 0 Å². The predicted molar refractivity (Wildman–Crippen MR) is 117 cm³/mol. The van der Waals surface area contributed by atoms with Gasteiger partial charge in [-0.2, -0.15) is 4.31 Å². The first-order valence-electron chi connectivity index (χ1n) is 9.79. The first kappa shape index (κ1) is 21.1. The van der Waals surface area contributed by atoms with Gasteiger partial charge < -0.3 is 15.0 Å². The zero-order valence-electron chi connectivity index (χ0n) is 16.7. The monoisotopic (exact) mass is 449 g/mol. The van der Waals surface area contributed by atoms with E-state index in [1.54, 1.807) is 12.1 Å². The molecule has 1 amide bonds. The number of sulfonamides is 1. The number of amides is 1. The average molecular weight is 450 g/mol. The minimum Gasteiger partial charge on any atom is -0.378 e. The molecule has 0 bridgehead atoms. The first-order valence-corrected chi connectivity index (χ1v) is 12.0. The van der Waals surface area contributed by atoms with E-state index in [9.17, 15) is 13.2 Å². The molecule has 2 aliphatic heterocycles. The third kappa shape index (κ3) is 4.46. The van der Waals surface area contributed by atoms with E-state index in [1.165, 1.54) is 4.31 Å². The molecule has 1 fully saturated rings. The van der Waals surface area contributed by atoms with E-state index >= 15 is 0 Å². The standard InChI is InChI=1S/C21H24ClN3O4S/c1-30(27,28)25-14-16-5-3-2-4-15(16)12-20(25)21(26)23-18-13-17(22)6-7-19(18)24-8-10-29-11-9-24/h2-7,13,20H,8-12,14H2,1H3,(H,23,26). The van der Waals surface area contributed by atoms with Crippen molar-refractivity contribution < 1.29 is 17.9 Å². The molecular weight excluding hydrogens is 426 g/mol. The highest BCUT2D eigenvalue weighted by Gasteiger charge is 2.37. The van der Waals surface area contributed by atoms with Gasteiger partial charge in [0, 0.05) is 24.7 Å². The van der Waals surface area contributed by atoms with Gasteiger partial charge in [-0.05, 0) is 35.7 Å². The van der Waals surface area contributed by atoms with Gasteiger partial charge in [-0.15, -0.1) is 0 Å². The number of hydrogen-bond donors (Lipinski definition) is 1. The number of rotatable bonds is 4. The summed E-state index contributed by atoms with van der Waals surface area (Å²) in [6.45, 7) is 2.81. The average Bonchev–Trinajstić information content (AvgIpc) is 2.73. The molecule has 2 heterocycles. The molecule has 0 saturated carbocycles. The molecule has 9 heteroatoms. The summed E-state index contributed by atoms with van der Waals surface area (Å²) in [5.41, 5.74) is 3.32. The summed E-state index contributed by atoms with van der Waals surface area (Å²) in [5.74, 6) is -0.369. The smallest absolute Gasteiger partial charge is 0.243 e. The van der Waals surface area contributed by atoms with Crippen molar-refractivity contribution in [2.75, 3.05) is 42.8 Å². The number of benzene rings is 2. The van der Waals surface area contributed by atoms with Crippen molar-refractivity contribution in [2.24, 2.45) is 0 Å². The highest BCUT2D eigenvalue weighted by molar-refractivity contribution is 7.88. The Hall–Kier alpha value is -2.13. The van der Waals surface area contributed by atoms with E-state index in [2.05, 4.69) is 10.2 Å². The maximum absolute atomic E-state index is 13.3. The maximum atomic E-state index is 13.3. The first-order chi connectivity index (χ1) is 14.3. The van der Waals surface area contributed by atoms with E-state index in [-0.39, 0.29) is 12.5 Å². The van der Waals surface area contributed by atoms with E-state index in [0.717, 1.165) is 23.1 Å². The van der Waals surface area contributed by atoms with Crippen LogP contribution in [0.3, 0.4) is 0 Å². The van der Waals surface area contributed by atoms with Crippen molar-refractivity contribution in [3.63, 3.8) is 0 Å². The normalized spacial score (nSPS) is 19.9. The van der Waals surface area contributed by atoms with Crippen LogP contribution in [0.15, 0.2) is 42.5 Å². The Kier molecular flexibility index (Phi) is 6.02. The lowest BCUT2D eigenvalue weighted by atomic mass is 9.95. The SMILES string of the molecule is CS(=O)(=O)N1Cc2ccccc2CC1C(=O)Nc1cc(Cl)ccc1N1CCOCC1. The maximum Gasteiger partial charge on any atom is 0.243 e. The van der Waals surface area contributed by atoms with Gasteiger partial charge in [0.15, 0.2) is 0 Å². The van der Waals surface area contributed by atoms with Crippen molar-refractivity contribution in [1.29, 1.82) is 0 Å². The Balaban J connectivity index is 1.63. The fourth-order valence-electron chi connectivity index (χ4n) is 3.98. The zero-order chi connectivity index (χ0) is 21.3. The van der Waals surface area contributed by atoms with Gasteiger partial charge in [-0.3, -0.25) is 4.79 Å². The molecule has 30 heavy (non-hydrogen) atoms. The van der Waals surface area contributed by atoms with Gasteiger partial charge in [0.25, 0.3) is 0 Å². The number of ether oxygens (including phenoxy) is 1. The Morgan fingerprint density at radius 2 is 1.83 bits per heavy atom. The number of nitrogens with zero attached hydrogens (tertiary/aromatic N) is 2. The van der Waals surface area contributed by atoms with Gasteiger partial charge in [0.05, 0.1) is 30.8 Å². The second kappa shape index (κ2) is 8.55. The summed E-state index contributed by atoms with van der Waals surface area (Å²) in [4.78, 5) is 15.4. The van der Waals surface area contributed by atoms with Crippen LogP contribution in [-0.4, -0.2) is 57.2 Å². The lowest BCUT2D eigenvalue weighted by Gasteiger charge is -2.35. The third-order valence-corrected chi connectivity index (χ3v) is 6.97. The Labute approximate surface area is 181 Å². The summed E-state index contributed by atoms with van der Waals surface area (Å²) in [6, 6.07) is 12.1. The van der Waals surface area contributed by atoms with Crippen LogP contribution in [0.4, 0.5) is 11.4 Å². The Bertz CT molecular complexity index is 1050. The van der Waals surface area contributed by atoms with Crippen LogP contribution in [0.2, 0.25) is 5.02 Å². The molecule has 1 unspecified atom stereocenters. The highest BCUT2D eigenvalue weighted by Crippen LogP contribution is 2.32. The number of carbonyl (C=O) groups excluding carboxylic acids is 1. The van der Waals surface area contributed by atoms with Gasteiger partial charge in [0.1, 0.15) is 6.04 Å². The number of nitrogens with one attached hydrogen (secondary N) is 1. The molecule has 2 aliphatic rings. The lowest BCUT2D eigenvalue weighted by molar-refractivity contribution is -0.120. The summed E-state index contributed by atoms with van der Waals surface area (Å²) < 4.78 is 31.6.